The number of ether oxygens (including phenoxy) is 1. The van der Waals surface area contributed by atoms with Crippen LogP contribution in [-0.4, -0.2) is 29.7 Å². The maximum Gasteiger partial charge on any atom is 0.407 e. The van der Waals surface area contributed by atoms with E-state index in [9.17, 15) is 9.59 Å². The Morgan fingerprint density at radius 3 is 2.53 bits per heavy atom. The maximum absolute atomic E-state index is 11.4. The Hall–Kier alpha value is -1.26. The van der Waals surface area contributed by atoms with Crippen LogP contribution in [0.25, 0.3) is 0 Å². The molecule has 2 N–H and O–H groups in total. The molecule has 1 saturated heterocycles. The monoisotopic (exact) mass is 214 g/mol. The molecule has 0 spiro atoms. The van der Waals surface area contributed by atoms with Gasteiger partial charge in [-0.25, -0.2) is 4.79 Å². The third kappa shape index (κ3) is 3.77. The zero-order chi connectivity index (χ0) is 11.6. The van der Waals surface area contributed by atoms with Crippen LogP contribution in [0.3, 0.4) is 0 Å². The first kappa shape index (κ1) is 11.8. The van der Waals surface area contributed by atoms with Gasteiger partial charge in [0.1, 0.15) is 5.60 Å². The van der Waals surface area contributed by atoms with E-state index >= 15 is 0 Å². The first-order chi connectivity index (χ1) is 6.78. The second kappa shape index (κ2) is 4.08. The third-order valence-corrected chi connectivity index (χ3v) is 2.10. The summed E-state index contributed by atoms with van der Waals surface area (Å²) in [6.45, 7) is 7.25. The van der Waals surface area contributed by atoms with Crippen molar-refractivity contribution in [2.75, 3.05) is 0 Å². The molecule has 86 valence electrons. The number of alkyl carbamates (subject to hydrolysis) is 1. The van der Waals surface area contributed by atoms with E-state index in [2.05, 4.69) is 10.6 Å². The van der Waals surface area contributed by atoms with Gasteiger partial charge in [0.2, 0.25) is 5.91 Å². The molecule has 2 unspecified atom stereocenters. The van der Waals surface area contributed by atoms with E-state index < -0.39 is 11.7 Å². The van der Waals surface area contributed by atoms with Crippen molar-refractivity contribution in [3.63, 3.8) is 0 Å². The second-order valence-electron chi connectivity index (χ2n) is 4.81. The molecule has 2 amide bonds. The van der Waals surface area contributed by atoms with Crippen molar-refractivity contribution in [3.05, 3.63) is 0 Å². The number of carbonyl (C=O) groups is 2. The van der Waals surface area contributed by atoms with Gasteiger partial charge in [-0.3, -0.25) is 4.79 Å². The highest BCUT2D eigenvalue weighted by molar-refractivity contribution is 5.81. The Balaban J connectivity index is 2.42. The first-order valence-electron chi connectivity index (χ1n) is 5.07. The summed E-state index contributed by atoms with van der Waals surface area (Å²) < 4.78 is 5.09. The highest BCUT2D eigenvalue weighted by atomic mass is 16.6. The summed E-state index contributed by atoms with van der Waals surface area (Å²) in [4.78, 5) is 22.4. The number of hydrogen-bond acceptors (Lipinski definition) is 3. The SMILES string of the molecule is CC1NC(=O)CC1NC(=O)OC(C)(C)C. The quantitative estimate of drug-likeness (QED) is 0.678. The third-order valence-electron chi connectivity index (χ3n) is 2.10. The zero-order valence-corrected chi connectivity index (χ0v) is 9.59. The lowest BCUT2D eigenvalue weighted by Crippen LogP contribution is -2.44. The Kier molecular flexibility index (Phi) is 3.21. The Labute approximate surface area is 89.6 Å². The van der Waals surface area contributed by atoms with E-state index in [1.165, 1.54) is 0 Å². The molecule has 0 radical (unpaired) electrons. The number of rotatable bonds is 1. The molecule has 1 rings (SSSR count). The smallest absolute Gasteiger partial charge is 0.407 e. The van der Waals surface area contributed by atoms with Gasteiger partial charge in [-0.15, -0.1) is 0 Å². The normalized spacial score (nSPS) is 26.0. The minimum Gasteiger partial charge on any atom is -0.444 e. The van der Waals surface area contributed by atoms with E-state index in [1.807, 2.05) is 6.92 Å². The largest absolute Gasteiger partial charge is 0.444 e. The number of hydrogen-bond donors (Lipinski definition) is 2. The van der Waals surface area contributed by atoms with Crippen molar-refractivity contribution in [1.82, 2.24) is 10.6 Å². The molecule has 15 heavy (non-hydrogen) atoms. The van der Waals surface area contributed by atoms with E-state index in [0.29, 0.717) is 6.42 Å². The molecule has 5 heteroatoms. The van der Waals surface area contributed by atoms with Crippen molar-refractivity contribution in [2.45, 2.75) is 51.8 Å². The summed E-state index contributed by atoms with van der Waals surface area (Å²) in [6, 6.07) is -0.211. The molecule has 1 fully saturated rings. The lowest BCUT2D eigenvalue weighted by atomic mass is 10.1. The highest BCUT2D eigenvalue weighted by Gasteiger charge is 2.31. The molecule has 0 aromatic carbocycles. The molecule has 0 bridgehead atoms. The summed E-state index contributed by atoms with van der Waals surface area (Å²) in [6.07, 6.45) is -0.156. The molecular weight excluding hydrogens is 196 g/mol. The van der Waals surface area contributed by atoms with Crippen LogP contribution in [0.1, 0.15) is 34.1 Å². The van der Waals surface area contributed by atoms with Crippen LogP contribution in [0.15, 0.2) is 0 Å². The van der Waals surface area contributed by atoms with E-state index in [-0.39, 0.29) is 18.0 Å². The van der Waals surface area contributed by atoms with Crippen LogP contribution in [0.5, 0.6) is 0 Å². The van der Waals surface area contributed by atoms with Gasteiger partial charge in [0, 0.05) is 12.5 Å². The predicted octanol–water partition coefficient (Wildman–Crippen LogP) is 0.788. The summed E-state index contributed by atoms with van der Waals surface area (Å²) in [5.41, 5.74) is -0.511. The van der Waals surface area contributed by atoms with Gasteiger partial charge in [0.15, 0.2) is 0 Å². The molecule has 0 aliphatic carbocycles. The average molecular weight is 214 g/mol. The molecule has 1 aliphatic rings. The summed E-state index contributed by atoms with van der Waals surface area (Å²) >= 11 is 0. The minimum atomic E-state index is -0.511. The Morgan fingerprint density at radius 1 is 1.53 bits per heavy atom. The summed E-state index contributed by atoms with van der Waals surface area (Å²) in [7, 11) is 0. The minimum absolute atomic E-state index is 0.0370. The van der Waals surface area contributed by atoms with Crippen molar-refractivity contribution in [1.29, 1.82) is 0 Å². The topological polar surface area (TPSA) is 67.4 Å². The fourth-order valence-corrected chi connectivity index (χ4v) is 1.42. The fourth-order valence-electron chi connectivity index (χ4n) is 1.42. The first-order valence-corrected chi connectivity index (χ1v) is 5.07. The molecule has 5 nitrogen and oxygen atoms in total. The lowest BCUT2D eigenvalue weighted by molar-refractivity contribution is -0.119. The van der Waals surface area contributed by atoms with E-state index in [1.54, 1.807) is 20.8 Å². The number of amides is 2. The Bertz CT molecular complexity index is 270. The average Bonchev–Trinajstić information content (AvgIpc) is 2.25. The van der Waals surface area contributed by atoms with Gasteiger partial charge in [0.25, 0.3) is 0 Å². The molecule has 1 heterocycles. The lowest BCUT2D eigenvalue weighted by Gasteiger charge is -2.22. The van der Waals surface area contributed by atoms with Crippen LogP contribution < -0.4 is 10.6 Å². The number of nitrogens with one attached hydrogen (secondary N) is 2. The zero-order valence-electron chi connectivity index (χ0n) is 9.59. The van der Waals surface area contributed by atoms with Crippen molar-refractivity contribution in [2.24, 2.45) is 0 Å². The Morgan fingerprint density at radius 2 is 2.13 bits per heavy atom. The van der Waals surface area contributed by atoms with Gasteiger partial charge in [-0.05, 0) is 27.7 Å². The summed E-state index contributed by atoms with van der Waals surface area (Å²) in [5.74, 6) is -0.0384. The van der Waals surface area contributed by atoms with Crippen molar-refractivity contribution < 1.29 is 14.3 Å². The highest BCUT2D eigenvalue weighted by Crippen LogP contribution is 2.10. The maximum atomic E-state index is 11.4. The van der Waals surface area contributed by atoms with Crippen molar-refractivity contribution >= 4 is 12.0 Å². The molecule has 0 saturated carbocycles. The summed E-state index contributed by atoms with van der Waals surface area (Å²) in [5, 5.41) is 5.40. The standard InChI is InChI=1S/C10H18N2O3/c1-6-7(5-8(13)11-6)12-9(14)15-10(2,3)4/h6-7H,5H2,1-4H3,(H,11,13)(H,12,14). The van der Waals surface area contributed by atoms with Crippen LogP contribution in [0.2, 0.25) is 0 Å². The molecule has 0 aromatic heterocycles. The van der Waals surface area contributed by atoms with Crippen LogP contribution >= 0.6 is 0 Å². The van der Waals surface area contributed by atoms with Crippen LogP contribution in [0, 0.1) is 0 Å². The van der Waals surface area contributed by atoms with Crippen LogP contribution in [-0.2, 0) is 9.53 Å². The van der Waals surface area contributed by atoms with Gasteiger partial charge in [-0.1, -0.05) is 0 Å². The van der Waals surface area contributed by atoms with Gasteiger partial charge in [0.05, 0.1) is 6.04 Å². The molecule has 0 aromatic rings. The van der Waals surface area contributed by atoms with Gasteiger partial charge >= 0.3 is 6.09 Å². The van der Waals surface area contributed by atoms with E-state index in [4.69, 9.17) is 4.74 Å². The number of carbonyl (C=O) groups excluding carboxylic acids is 2. The van der Waals surface area contributed by atoms with Crippen molar-refractivity contribution in [3.8, 4) is 0 Å². The van der Waals surface area contributed by atoms with E-state index in [0.717, 1.165) is 0 Å². The molecule has 2 atom stereocenters. The van der Waals surface area contributed by atoms with Crippen LogP contribution in [0.4, 0.5) is 4.79 Å². The molecule has 1 aliphatic heterocycles. The second-order valence-corrected chi connectivity index (χ2v) is 4.81. The fraction of sp³-hybridized carbons (Fsp3) is 0.800. The molecular formula is C10H18N2O3. The van der Waals surface area contributed by atoms with Gasteiger partial charge in [-0.2, -0.15) is 0 Å². The predicted molar refractivity (Wildman–Crippen MR) is 55.4 cm³/mol. The van der Waals surface area contributed by atoms with Gasteiger partial charge < -0.3 is 15.4 Å².